The van der Waals surface area contributed by atoms with Gasteiger partial charge in [-0.1, -0.05) is 0 Å². The van der Waals surface area contributed by atoms with Gasteiger partial charge in [-0.3, -0.25) is 4.99 Å². The molecule has 13 heavy (non-hydrogen) atoms. The van der Waals surface area contributed by atoms with E-state index in [1.807, 2.05) is 37.5 Å². The maximum absolute atomic E-state index is 4.21. The summed E-state index contributed by atoms with van der Waals surface area (Å²) in [6.07, 6.45) is 12.3. The topological polar surface area (TPSA) is 15.6 Å². The van der Waals surface area contributed by atoms with Gasteiger partial charge in [-0.2, -0.15) is 0 Å². The molecule has 2 nitrogen and oxygen atoms in total. The molecule has 2 aliphatic heterocycles. The van der Waals surface area contributed by atoms with Gasteiger partial charge in [-0.15, -0.1) is 0 Å². The summed E-state index contributed by atoms with van der Waals surface area (Å²) >= 11 is 0. The molecular formula is C11H12N2. The molecule has 0 N–H and O–H groups in total. The van der Waals surface area contributed by atoms with Gasteiger partial charge in [0.25, 0.3) is 0 Å². The quantitative estimate of drug-likeness (QED) is 0.547. The van der Waals surface area contributed by atoms with Gasteiger partial charge in [0.1, 0.15) is 0 Å². The van der Waals surface area contributed by atoms with Gasteiger partial charge in [0.15, 0.2) is 0 Å². The summed E-state index contributed by atoms with van der Waals surface area (Å²) < 4.78 is 0. The summed E-state index contributed by atoms with van der Waals surface area (Å²) in [5.74, 6) is 0. The molecule has 0 radical (unpaired) electrons. The van der Waals surface area contributed by atoms with E-state index in [4.69, 9.17) is 0 Å². The molecule has 0 atom stereocenters. The molecule has 0 fully saturated rings. The van der Waals surface area contributed by atoms with Crippen LogP contribution in [0, 0.1) is 0 Å². The maximum Gasteiger partial charge on any atom is 0.0379 e. The predicted octanol–water partition coefficient (Wildman–Crippen LogP) is 2.24. The fourth-order valence-corrected chi connectivity index (χ4v) is 1.32. The lowest BCUT2D eigenvalue weighted by Gasteiger charge is -2.12. The largest absolute Gasteiger partial charge is 0.357 e. The Balaban J connectivity index is 2.33. The highest BCUT2D eigenvalue weighted by atomic mass is 15.0. The minimum absolute atomic E-state index is 1.07. The summed E-state index contributed by atoms with van der Waals surface area (Å²) in [5.41, 5.74) is 3.49. The minimum Gasteiger partial charge on any atom is -0.357 e. The molecule has 0 aromatic carbocycles. The van der Waals surface area contributed by atoms with Crippen LogP contribution in [0.4, 0.5) is 0 Å². The van der Waals surface area contributed by atoms with Crippen LogP contribution < -0.4 is 0 Å². The van der Waals surface area contributed by atoms with Crippen LogP contribution in [0.3, 0.4) is 0 Å². The Bertz CT molecular complexity index is 352. The van der Waals surface area contributed by atoms with Gasteiger partial charge in [-0.25, -0.2) is 0 Å². The zero-order chi connectivity index (χ0) is 9.26. The van der Waals surface area contributed by atoms with E-state index in [1.165, 1.54) is 11.1 Å². The highest BCUT2D eigenvalue weighted by Crippen LogP contribution is 2.18. The average Bonchev–Trinajstić information content (AvgIpc) is 2.53. The van der Waals surface area contributed by atoms with Crippen LogP contribution >= 0.6 is 0 Å². The van der Waals surface area contributed by atoms with E-state index < -0.39 is 0 Å². The van der Waals surface area contributed by atoms with E-state index in [9.17, 15) is 0 Å². The van der Waals surface area contributed by atoms with Crippen molar-refractivity contribution in [3.05, 3.63) is 47.5 Å². The highest BCUT2D eigenvalue weighted by molar-refractivity contribution is 5.88. The summed E-state index contributed by atoms with van der Waals surface area (Å²) in [4.78, 5) is 6.23. The average molecular weight is 172 g/mol. The normalized spacial score (nSPS) is 20.2. The Morgan fingerprint density at radius 1 is 1.15 bits per heavy atom. The van der Waals surface area contributed by atoms with Crippen molar-refractivity contribution in [3.63, 3.8) is 0 Å². The monoisotopic (exact) mass is 172 g/mol. The van der Waals surface area contributed by atoms with Gasteiger partial charge in [0.05, 0.1) is 0 Å². The van der Waals surface area contributed by atoms with Crippen molar-refractivity contribution < 1.29 is 0 Å². The molecule has 0 aliphatic carbocycles. The second-order valence-corrected chi connectivity index (χ2v) is 3.25. The van der Waals surface area contributed by atoms with Crippen molar-refractivity contribution in [1.82, 2.24) is 4.90 Å². The van der Waals surface area contributed by atoms with Gasteiger partial charge in [0.2, 0.25) is 0 Å². The van der Waals surface area contributed by atoms with Crippen LogP contribution in [-0.2, 0) is 0 Å². The first kappa shape index (κ1) is 8.05. The van der Waals surface area contributed by atoms with Crippen LogP contribution in [0.15, 0.2) is 52.5 Å². The van der Waals surface area contributed by atoms with Crippen molar-refractivity contribution in [2.45, 2.75) is 6.92 Å². The Hall–Kier alpha value is -1.57. The molecule has 0 saturated heterocycles. The first-order valence-electron chi connectivity index (χ1n) is 4.31. The van der Waals surface area contributed by atoms with E-state index in [2.05, 4.69) is 23.2 Å². The van der Waals surface area contributed by atoms with Gasteiger partial charge < -0.3 is 4.90 Å². The SMILES string of the molecule is CC1=CC(=C2C=CN(C)C=C2)C=N1. The summed E-state index contributed by atoms with van der Waals surface area (Å²) in [6.45, 7) is 2.01. The highest BCUT2D eigenvalue weighted by Gasteiger charge is 2.04. The molecule has 2 heteroatoms. The zero-order valence-corrected chi connectivity index (χ0v) is 7.86. The Morgan fingerprint density at radius 2 is 1.85 bits per heavy atom. The molecule has 0 spiro atoms. The number of hydrogen-bond donors (Lipinski definition) is 0. The Labute approximate surface area is 78.3 Å². The van der Waals surface area contributed by atoms with Crippen molar-refractivity contribution in [1.29, 1.82) is 0 Å². The van der Waals surface area contributed by atoms with E-state index in [0.29, 0.717) is 0 Å². The standard InChI is InChI=1S/C11H12N2/c1-9-7-11(8-12-9)10-3-5-13(2)6-4-10/h3-8H,1-2H3. The van der Waals surface area contributed by atoms with E-state index in [1.54, 1.807) is 0 Å². The predicted molar refractivity (Wildman–Crippen MR) is 55.3 cm³/mol. The van der Waals surface area contributed by atoms with Gasteiger partial charge in [-0.05, 0) is 30.7 Å². The van der Waals surface area contributed by atoms with Crippen LogP contribution in [-0.4, -0.2) is 18.2 Å². The lowest BCUT2D eigenvalue weighted by Crippen LogP contribution is -2.04. The molecule has 66 valence electrons. The molecule has 2 aliphatic rings. The van der Waals surface area contributed by atoms with Gasteiger partial charge >= 0.3 is 0 Å². The second-order valence-electron chi connectivity index (χ2n) is 3.25. The Morgan fingerprint density at radius 3 is 2.38 bits per heavy atom. The smallest absolute Gasteiger partial charge is 0.0379 e. The fourth-order valence-electron chi connectivity index (χ4n) is 1.32. The van der Waals surface area contributed by atoms with E-state index >= 15 is 0 Å². The number of allylic oxidation sites excluding steroid dienone is 6. The van der Waals surface area contributed by atoms with E-state index in [0.717, 1.165) is 5.70 Å². The molecule has 0 aromatic heterocycles. The Kier molecular flexibility index (Phi) is 1.89. The summed E-state index contributed by atoms with van der Waals surface area (Å²) in [6, 6.07) is 0. The van der Waals surface area contributed by atoms with Gasteiger partial charge in [0, 0.05) is 36.9 Å². The lowest BCUT2D eigenvalue weighted by atomic mass is 10.1. The first-order chi connectivity index (χ1) is 6.25. The first-order valence-corrected chi connectivity index (χ1v) is 4.31. The molecular weight excluding hydrogens is 160 g/mol. The maximum atomic E-state index is 4.21. The lowest BCUT2D eigenvalue weighted by molar-refractivity contribution is 0.620. The third-order valence-corrected chi connectivity index (χ3v) is 2.08. The number of nitrogens with zero attached hydrogens (tertiary/aromatic N) is 2. The zero-order valence-electron chi connectivity index (χ0n) is 7.86. The van der Waals surface area contributed by atoms with Crippen LogP contribution in [0.2, 0.25) is 0 Å². The molecule has 0 unspecified atom stereocenters. The van der Waals surface area contributed by atoms with Crippen molar-refractivity contribution in [2.24, 2.45) is 4.99 Å². The molecule has 2 heterocycles. The number of rotatable bonds is 0. The van der Waals surface area contributed by atoms with E-state index in [-0.39, 0.29) is 0 Å². The molecule has 2 rings (SSSR count). The van der Waals surface area contributed by atoms with Crippen molar-refractivity contribution in [3.8, 4) is 0 Å². The van der Waals surface area contributed by atoms with Crippen LogP contribution in [0.25, 0.3) is 0 Å². The molecule has 0 aromatic rings. The second kappa shape index (κ2) is 3.05. The van der Waals surface area contributed by atoms with Crippen molar-refractivity contribution in [2.75, 3.05) is 7.05 Å². The van der Waals surface area contributed by atoms with Crippen LogP contribution in [0.1, 0.15) is 6.92 Å². The minimum atomic E-state index is 1.07. The number of hydrogen-bond acceptors (Lipinski definition) is 2. The fraction of sp³-hybridized carbons (Fsp3) is 0.182. The van der Waals surface area contributed by atoms with Crippen molar-refractivity contribution >= 4 is 6.21 Å². The molecule has 0 saturated carbocycles. The van der Waals surface area contributed by atoms with Crippen LogP contribution in [0.5, 0.6) is 0 Å². The molecule has 0 bridgehead atoms. The molecule has 0 amide bonds. The number of aliphatic imine (C=N–C) groups is 1. The third-order valence-electron chi connectivity index (χ3n) is 2.08. The third kappa shape index (κ3) is 1.61. The summed E-state index contributed by atoms with van der Waals surface area (Å²) in [5, 5.41) is 0. The summed E-state index contributed by atoms with van der Waals surface area (Å²) in [7, 11) is 2.01.